The Labute approximate surface area is 132 Å². The molecule has 0 bridgehead atoms. The van der Waals surface area contributed by atoms with Crippen LogP contribution in [-0.2, 0) is 0 Å². The van der Waals surface area contributed by atoms with E-state index in [1.54, 1.807) is 0 Å². The van der Waals surface area contributed by atoms with Crippen molar-refractivity contribution < 1.29 is 5.11 Å². The summed E-state index contributed by atoms with van der Waals surface area (Å²) in [5.74, 6) is 1.31. The molecule has 4 heteroatoms. The summed E-state index contributed by atoms with van der Waals surface area (Å²) in [5, 5.41) is 10.9. The van der Waals surface area contributed by atoms with Gasteiger partial charge < -0.3 is 5.11 Å². The molecule has 1 N–H and O–H groups in total. The Balaban J connectivity index is 0.00000147. The summed E-state index contributed by atoms with van der Waals surface area (Å²) < 4.78 is 0. The number of hydrogen-bond acceptors (Lipinski definition) is 2. The second kappa shape index (κ2) is 6.23. The summed E-state index contributed by atoms with van der Waals surface area (Å²) in [6, 6.07) is 9.17. The van der Waals surface area contributed by atoms with E-state index in [0.29, 0.717) is 18.0 Å². The lowest BCUT2D eigenvalue weighted by Crippen LogP contribution is -2.43. The minimum absolute atomic E-state index is 0. The van der Waals surface area contributed by atoms with Gasteiger partial charge in [-0.1, -0.05) is 23.7 Å². The molecule has 1 aliphatic heterocycles. The fourth-order valence-corrected chi connectivity index (χ4v) is 3.87. The summed E-state index contributed by atoms with van der Waals surface area (Å²) in [5.41, 5.74) is 1.35. The molecule has 0 amide bonds. The van der Waals surface area contributed by atoms with Crippen molar-refractivity contribution >= 4 is 24.0 Å². The van der Waals surface area contributed by atoms with E-state index >= 15 is 0 Å². The highest BCUT2D eigenvalue weighted by Gasteiger charge is 2.47. The van der Waals surface area contributed by atoms with Crippen molar-refractivity contribution in [3.8, 4) is 0 Å². The molecular formula is C16H23Cl2NO. The van der Waals surface area contributed by atoms with E-state index in [2.05, 4.69) is 24.0 Å². The van der Waals surface area contributed by atoms with Crippen LogP contribution in [0.1, 0.15) is 44.6 Å². The van der Waals surface area contributed by atoms with Crippen LogP contribution in [0.5, 0.6) is 0 Å². The second-order valence-electron chi connectivity index (χ2n) is 6.12. The van der Waals surface area contributed by atoms with Gasteiger partial charge in [-0.3, -0.25) is 4.90 Å². The van der Waals surface area contributed by atoms with E-state index in [-0.39, 0.29) is 18.6 Å². The molecule has 1 aromatic rings. The van der Waals surface area contributed by atoms with Gasteiger partial charge in [0.1, 0.15) is 6.23 Å². The van der Waals surface area contributed by atoms with Gasteiger partial charge in [-0.25, -0.2) is 0 Å². The highest BCUT2D eigenvalue weighted by molar-refractivity contribution is 6.30. The predicted molar refractivity (Wildman–Crippen MR) is 85.6 cm³/mol. The normalized spacial score (nSPS) is 31.9. The summed E-state index contributed by atoms with van der Waals surface area (Å²) in [6.45, 7) is 4.14. The van der Waals surface area contributed by atoms with Crippen molar-refractivity contribution in [2.45, 2.75) is 57.3 Å². The largest absolute Gasteiger partial charge is 0.379 e. The zero-order valence-electron chi connectivity index (χ0n) is 12.0. The van der Waals surface area contributed by atoms with E-state index in [9.17, 15) is 5.11 Å². The molecule has 0 radical (unpaired) electrons. The summed E-state index contributed by atoms with van der Waals surface area (Å²) in [7, 11) is 0. The van der Waals surface area contributed by atoms with Crippen LogP contribution in [0.15, 0.2) is 24.3 Å². The maximum atomic E-state index is 10.1. The Bertz CT molecular complexity index is 444. The standard InChI is InChI=1S/C16H22ClNO.ClH/c1-10-15(12-5-7-14(17)8-6-12)9-16(13-3-4-13)18(10)11(2)19;/h5-8,10-11,13,15-16,19H,3-4,9H2,1-2H3;1H. The number of hydrogen-bond donors (Lipinski definition) is 1. The van der Waals surface area contributed by atoms with Crippen LogP contribution in [0, 0.1) is 5.92 Å². The second-order valence-corrected chi connectivity index (χ2v) is 6.55. The fourth-order valence-electron chi connectivity index (χ4n) is 3.75. The SMILES string of the molecule is CC(O)N1C(C)C(c2ccc(Cl)cc2)CC1C1CC1.Cl. The molecule has 1 saturated carbocycles. The fraction of sp³-hybridized carbons (Fsp3) is 0.625. The summed E-state index contributed by atoms with van der Waals surface area (Å²) in [6.07, 6.45) is 3.47. The third-order valence-electron chi connectivity index (χ3n) is 4.83. The van der Waals surface area contributed by atoms with E-state index in [1.165, 1.54) is 24.8 Å². The van der Waals surface area contributed by atoms with Crippen molar-refractivity contribution in [3.63, 3.8) is 0 Å². The molecule has 2 nitrogen and oxygen atoms in total. The number of benzene rings is 1. The molecule has 3 rings (SSSR count). The lowest BCUT2D eigenvalue weighted by molar-refractivity contribution is -0.0188. The highest BCUT2D eigenvalue weighted by Crippen LogP contribution is 2.47. The van der Waals surface area contributed by atoms with Gasteiger partial charge in [0.15, 0.2) is 0 Å². The van der Waals surface area contributed by atoms with Crippen LogP contribution in [0.3, 0.4) is 0 Å². The molecule has 2 aliphatic rings. The van der Waals surface area contributed by atoms with Gasteiger partial charge in [0.25, 0.3) is 0 Å². The summed E-state index contributed by atoms with van der Waals surface area (Å²) in [4.78, 5) is 2.32. The maximum absolute atomic E-state index is 10.1. The lowest BCUT2D eigenvalue weighted by atomic mass is 9.91. The smallest absolute Gasteiger partial charge is 0.105 e. The van der Waals surface area contributed by atoms with Crippen LogP contribution in [0.25, 0.3) is 0 Å². The van der Waals surface area contributed by atoms with Crippen LogP contribution in [-0.4, -0.2) is 28.3 Å². The topological polar surface area (TPSA) is 23.5 Å². The Kier molecular flexibility index (Phi) is 5.01. The predicted octanol–water partition coefficient (Wildman–Crippen LogP) is 4.06. The first-order valence-corrected chi connectivity index (χ1v) is 7.66. The van der Waals surface area contributed by atoms with Crippen LogP contribution < -0.4 is 0 Å². The van der Waals surface area contributed by atoms with Gasteiger partial charge in [-0.05, 0) is 56.7 Å². The van der Waals surface area contributed by atoms with Crippen molar-refractivity contribution in [3.05, 3.63) is 34.9 Å². The molecule has 1 aromatic carbocycles. The molecule has 4 atom stereocenters. The molecule has 4 unspecified atom stereocenters. The number of nitrogens with zero attached hydrogens (tertiary/aromatic N) is 1. The maximum Gasteiger partial charge on any atom is 0.105 e. The quantitative estimate of drug-likeness (QED) is 0.909. The third kappa shape index (κ3) is 2.99. The van der Waals surface area contributed by atoms with Crippen LogP contribution in [0.4, 0.5) is 0 Å². The van der Waals surface area contributed by atoms with Gasteiger partial charge >= 0.3 is 0 Å². The molecule has 1 heterocycles. The molecular weight excluding hydrogens is 293 g/mol. The minimum atomic E-state index is -0.349. The first-order chi connectivity index (χ1) is 9.08. The average molecular weight is 316 g/mol. The monoisotopic (exact) mass is 315 g/mol. The van der Waals surface area contributed by atoms with E-state index in [4.69, 9.17) is 11.6 Å². The van der Waals surface area contributed by atoms with Crippen LogP contribution in [0.2, 0.25) is 5.02 Å². The number of rotatable bonds is 3. The molecule has 20 heavy (non-hydrogen) atoms. The third-order valence-corrected chi connectivity index (χ3v) is 5.08. The molecule has 112 valence electrons. The Hall–Kier alpha value is -0.280. The number of likely N-dealkylation sites (tertiary alicyclic amines) is 1. The van der Waals surface area contributed by atoms with Gasteiger partial charge in [0.05, 0.1) is 0 Å². The van der Waals surface area contributed by atoms with Crippen molar-refractivity contribution in [1.29, 1.82) is 0 Å². The number of aliphatic hydroxyl groups is 1. The molecule has 1 aliphatic carbocycles. The zero-order valence-corrected chi connectivity index (χ0v) is 13.6. The van der Waals surface area contributed by atoms with E-state index in [1.807, 2.05) is 19.1 Å². The Morgan fingerprint density at radius 2 is 1.85 bits per heavy atom. The Morgan fingerprint density at radius 1 is 1.25 bits per heavy atom. The molecule has 2 fully saturated rings. The summed E-state index contributed by atoms with van der Waals surface area (Å²) >= 11 is 5.97. The van der Waals surface area contributed by atoms with E-state index < -0.39 is 0 Å². The molecule has 1 saturated heterocycles. The lowest BCUT2D eigenvalue weighted by Gasteiger charge is -2.32. The van der Waals surface area contributed by atoms with Gasteiger partial charge in [0.2, 0.25) is 0 Å². The number of aliphatic hydroxyl groups excluding tert-OH is 1. The van der Waals surface area contributed by atoms with Crippen LogP contribution >= 0.6 is 24.0 Å². The van der Waals surface area contributed by atoms with E-state index in [0.717, 1.165) is 10.9 Å². The highest BCUT2D eigenvalue weighted by atomic mass is 35.5. The first kappa shape index (κ1) is 16.1. The van der Waals surface area contributed by atoms with Crippen molar-refractivity contribution in [2.75, 3.05) is 0 Å². The number of halogens is 2. The van der Waals surface area contributed by atoms with Gasteiger partial charge in [-0.15, -0.1) is 12.4 Å². The first-order valence-electron chi connectivity index (χ1n) is 7.29. The molecule has 0 aromatic heterocycles. The molecule has 0 spiro atoms. The minimum Gasteiger partial charge on any atom is -0.379 e. The Morgan fingerprint density at radius 3 is 2.35 bits per heavy atom. The van der Waals surface area contributed by atoms with Crippen molar-refractivity contribution in [2.24, 2.45) is 5.92 Å². The zero-order chi connectivity index (χ0) is 13.6. The average Bonchev–Trinajstić information content (AvgIpc) is 3.14. The van der Waals surface area contributed by atoms with Gasteiger partial charge in [0, 0.05) is 23.0 Å². The van der Waals surface area contributed by atoms with Crippen molar-refractivity contribution in [1.82, 2.24) is 4.90 Å². The van der Waals surface area contributed by atoms with Gasteiger partial charge in [-0.2, -0.15) is 0 Å².